The van der Waals surface area contributed by atoms with Crippen LogP contribution in [0.3, 0.4) is 0 Å². The minimum absolute atomic E-state index is 0. The summed E-state index contributed by atoms with van der Waals surface area (Å²) in [6, 6.07) is 15.4. The van der Waals surface area contributed by atoms with Gasteiger partial charge in [0.15, 0.2) is 0 Å². The number of rotatable bonds is 8. The standard InChI is InChI=1S/C28H29FN5O2S.2CH3.Li/c1-2-20-16-25(32-26-17-30-28(33-27(20)26)31-22-11-7-4-8-12-22)21-13-14-24(23(29)15-21)34-37(35,36)18-19-9-5-3-6-10-19;;;/h3-6,9-10,13-17,22,34H,2,7-8,11-12,18H2,1H3,(H,30,31,33);2*1H3;/q3*-1;+1. The van der Waals surface area contributed by atoms with Crippen LogP contribution in [0.15, 0.2) is 60.8 Å². The Balaban J connectivity index is 0.00000187. The Hall–Kier alpha value is -2.99. The number of nitrogens with zero attached hydrogens (tertiary/aromatic N) is 3. The molecule has 2 aromatic carbocycles. The summed E-state index contributed by atoms with van der Waals surface area (Å²) in [5, 5.41) is 3.44. The first kappa shape index (κ1) is 33.2. The third-order valence-corrected chi connectivity index (χ3v) is 7.75. The zero-order valence-electron chi connectivity index (χ0n) is 23.6. The second-order valence-corrected chi connectivity index (χ2v) is 11.0. The van der Waals surface area contributed by atoms with Gasteiger partial charge in [-0.3, -0.25) is 4.72 Å². The molecule has 0 aliphatic heterocycles. The molecule has 2 heterocycles. The van der Waals surface area contributed by atoms with Crippen molar-refractivity contribution in [3.63, 3.8) is 0 Å². The van der Waals surface area contributed by atoms with Gasteiger partial charge >= 0.3 is 18.9 Å². The van der Waals surface area contributed by atoms with Gasteiger partial charge in [0.2, 0.25) is 16.0 Å². The average molecular weight is 556 g/mol. The van der Waals surface area contributed by atoms with Crippen LogP contribution in [-0.4, -0.2) is 29.4 Å². The smallest absolute Gasteiger partial charge is 0.358 e. The van der Waals surface area contributed by atoms with Gasteiger partial charge in [0.25, 0.3) is 0 Å². The quantitative estimate of drug-likeness (QED) is 0.254. The number of nitrogens with one attached hydrogen (secondary N) is 2. The summed E-state index contributed by atoms with van der Waals surface area (Å²) < 4.78 is 42.4. The number of pyridine rings is 1. The van der Waals surface area contributed by atoms with E-state index in [1.54, 1.807) is 36.5 Å². The Labute approximate surface area is 249 Å². The minimum Gasteiger partial charge on any atom is -0.358 e. The molecule has 0 atom stereocenters. The second-order valence-electron chi connectivity index (χ2n) is 9.27. The molecule has 2 aromatic heterocycles. The van der Waals surface area contributed by atoms with Crippen LogP contribution in [0.4, 0.5) is 16.0 Å². The van der Waals surface area contributed by atoms with Crippen molar-refractivity contribution in [2.75, 3.05) is 10.0 Å². The van der Waals surface area contributed by atoms with Gasteiger partial charge in [0.1, 0.15) is 11.3 Å². The van der Waals surface area contributed by atoms with Crippen LogP contribution in [0, 0.1) is 27.1 Å². The molecule has 208 valence electrons. The monoisotopic (exact) mass is 555 g/mol. The maximum absolute atomic E-state index is 15.0. The van der Waals surface area contributed by atoms with Gasteiger partial charge in [-0.05, 0) is 35.7 Å². The number of benzene rings is 2. The zero-order valence-corrected chi connectivity index (χ0v) is 24.4. The fraction of sp³-hybridized carbons (Fsp3) is 0.267. The van der Waals surface area contributed by atoms with Gasteiger partial charge in [-0.15, -0.1) is 0 Å². The van der Waals surface area contributed by atoms with E-state index in [1.165, 1.54) is 12.1 Å². The predicted octanol–water partition coefficient (Wildman–Crippen LogP) is 3.80. The van der Waals surface area contributed by atoms with Gasteiger partial charge in [0.05, 0.1) is 28.8 Å². The Morgan fingerprint density at radius 3 is 2.42 bits per heavy atom. The first-order chi connectivity index (χ1) is 17.9. The minimum atomic E-state index is -3.77. The summed E-state index contributed by atoms with van der Waals surface area (Å²) in [5.41, 5.74) is 4.03. The predicted molar refractivity (Wildman–Crippen MR) is 158 cm³/mol. The van der Waals surface area contributed by atoms with Crippen molar-refractivity contribution in [2.24, 2.45) is 0 Å². The van der Waals surface area contributed by atoms with E-state index >= 15 is 0 Å². The van der Waals surface area contributed by atoms with Crippen LogP contribution < -0.4 is 28.9 Å². The topological polar surface area (TPSA) is 96.9 Å². The van der Waals surface area contributed by atoms with Gasteiger partial charge in [-0.2, -0.15) is 12.8 Å². The maximum atomic E-state index is 15.0. The molecule has 1 fully saturated rings. The number of aromatic nitrogens is 3. The molecule has 1 saturated carbocycles. The zero-order chi connectivity index (χ0) is 25.8. The summed E-state index contributed by atoms with van der Waals surface area (Å²) in [4.78, 5) is 13.9. The molecule has 1 aliphatic rings. The largest absolute Gasteiger partial charge is 1.00 e. The third-order valence-electron chi connectivity index (χ3n) is 6.51. The molecule has 2 N–H and O–H groups in total. The van der Waals surface area contributed by atoms with Crippen molar-refractivity contribution >= 4 is 32.7 Å². The van der Waals surface area contributed by atoms with Crippen LogP contribution in [-0.2, 0) is 22.2 Å². The molecule has 1 aliphatic carbocycles. The number of hydrogen-bond donors (Lipinski definition) is 2. The molecule has 0 amide bonds. The first-order valence-corrected chi connectivity index (χ1v) is 14.1. The van der Waals surface area contributed by atoms with Crippen molar-refractivity contribution in [1.29, 1.82) is 0 Å². The van der Waals surface area contributed by atoms with E-state index in [0.717, 1.165) is 43.2 Å². The number of anilines is 2. The Morgan fingerprint density at radius 2 is 1.75 bits per heavy atom. The molecule has 0 saturated heterocycles. The first-order valence-electron chi connectivity index (χ1n) is 12.5. The molecule has 4 aromatic rings. The molecule has 0 bridgehead atoms. The van der Waals surface area contributed by atoms with Gasteiger partial charge in [-0.25, -0.2) is 27.8 Å². The van der Waals surface area contributed by atoms with Crippen LogP contribution in [0.2, 0.25) is 0 Å². The van der Waals surface area contributed by atoms with E-state index in [2.05, 4.69) is 26.4 Å². The summed E-state index contributed by atoms with van der Waals surface area (Å²) in [6.07, 6.45) is 9.08. The third kappa shape index (κ3) is 8.03. The average Bonchev–Trinajstić information content (AvgIpc) is 2.90. The van der Waals surface area contributed by atoms with E-state index < -0.39 is 15.8 Å². The molecule has 5 rings (SSSR count). The van der Waals surface area contributed by atoms with Crippen LogP contribution in [0.5, 0.6) is 0 Å². The Morgan fingerprint density at radius 1 is 1.02 bits per heavy atom. The summed E-state index contributed by atoms with van der Waals surface area (Å²) in [5.74, 6) is -0.312. The Bertz CT molecular complexity index is 1510. The second kappa shape index (κ2) is 14.6. The van der Waals surface area contributed by atoms with E-state index in [-0.39, 0.29) is 45.2 Å². The van der Waals surface area contributed by atoms with E-state index in [4.69, 9.17) is 4.98 Å². The van der Waals surface area contributed by atoms with E-state index in [0.29, 0.717) is 34.3 Å². The molecule has 0 spiro atoms. The number of halogens is 1. The van der Waals surface area contributed by atoms with Crippen LogP contribution in [0.25, 0.3) is 22.3 Å². The number of aryl methyl sites for hydroxylation is 1. The molecule has 7 nitrogen and oxygen atoms in total. The fourth-order valence-electron chi connectivity index (χ4n) is 4.58. The maximum Gasteiger partial charge on any atom is 1.00 e. The molecule has 0 unspecified atom stereocenters. The van der Waals surface area contributed by atoms with Crippen LogP contribution >= 0.6 is 0 Å². The van der Waals surface area contributed by atoms with Gasteiger partial charge in [0, 0.05) is 11.6 Å². The van der Waals surface area contributed by atoms with Crippen molar-refractivity contribution < 1.29 is 31.7 Å². The van der Waals surface area contributed by atoms with Crippen molar-refractivity contribution in [2.45, 2.75) is 50.8 Å². The molecular weight excluding hydrogens is 520 g/mol. The fourth-order valence-corrected chi connectivity index (χ4v) is 5.79. The van der Waals surface area contributed by atoms with Crippen LogP contribution in [0.1, 0.15) is 43.7 Å². The normalized spacial score (nSPS) is 13.4. The summed E-state index contributed by atoms with van der Waals surface area (Å²) in [6.45, 7) is 2.04. The van der Waals surface area contributed by atoms with Crippen molar-refractivity contribution in [3.8, 4) is 11.3 Å². The summed E-state index contributed by atoms with van der Waals surface area (Å²) in [7, 11) is -3.77. The number of sulfonamides is 1. The number of hydrogen-bond acceptors (Lipinski definition) is 6. The van der Waals surface area contributed by atoms with Gasteiger partial charge in [-0.1, -0.05) is 56.2 Å². The molecular formula is C30H35FLiN5O2S-2. The van der Waals surface area contributed by atoms with Crippen molar-refractivity contribution in [3.05, 3.63) is 99.0 Å². The van der Waals surface area contributed by atoms with E-state index in [9.17, 15) is 12.8 Å². The number of fused-ring (bicyclic) bond motifs is 1. The van der Waals surface area contributed by atoms with Gasteiger partial charge < -0.3 is 26.6 Å². The molecule has 40 heavy (non-hydrogen) atoms. The molecule has 10 heteroatoms. The Kier molecular flexibility index (Phi) is 12.1. The van der Waals surface area contributed by atoms with E-state index in [1.807, 2.05) is 19.1 Å². The molecule has 0 radical (unpaired) electrons. The SMILES string of the molecule is CCc1cc(-c2ccc(NS(=O)(=O)Cc3ccccc3)c(F)c2)nc2cnc(NC3CC[CH-]CC3)nc12.[CH3-].[CH3-].[Li+]. The summed E-state index contributed by atoms with van der Waals surface area (Å²) >= 11 is 0. The van der Waals surface area contributed by atoms with Crippen molar-refractivity contribution in [1.82, 2.24) is 15.0 Å².